The first-order chi connectivity index (χ1) is 26.2. The van der Waals surface area contributed by atoms with Gasteiger partial charge in [-0.05, 0) is 41.0 Å². The Hall–Kier alpha value is -6.60. The van der Waals surface area contributed by atoms with E-state index in [2.05, 4.69) is 22.7 Å². The zero-order chi connectivity index (χ0) is 37.8. The molecule has 13 heteroatoms. The highest BCUT2D eigenvalue weighted by Crippen LogP contribution is 2.32. The van der Waals surface area contributed by atoms with Crippen LogP contribution in [0, 0.1) is 0 Å². The summed E-state index contributed by atoms with van der Waals surface area (Å²) in [7, 11) is 1.85. The van der Waals surface area contributed by atoms with E-state index in [1.165, 1.54) is 0 Å². The zero-order valence-electron chi connectivity index (χ0n) is 29.9. The van der Waals surface area contributed by atoms with Gasteiger partial charge in [0.1, 0.15) is 18.0 Å². The number of nitrogens with zero attached hydrogens (tertiary/aromatic N) is 5. The van der Waals surface area contributed by atoms with Crippen molar-refractivity contribution in [1.29, 1.82) is 0 Å². The van der Waals surface area contributed by atoms with Crippen molar-refractivity contribution in [2.75, 3.05) is 25.1 Å². The predicted octanol–water partition coefficient (Wildman–Crippen LogP) is 4.38. The van der Waals surface area contributed by atoms with Gasteiger partial charge >= 0.3 is 6.03 Å². The highest BCUT2D eigenvalue weighted by molar-refractivity contribution is 6.08. The molecule has 3 heterocycles. The third-order valence-corrected chi connectivity index (χ3v) is 9.82. The Kier molecular flexibility index (Phi) is 10.3. The second kappa shape index (κ2) is 15.6. The number of phenols is 1. The average Bonchev–Trinajstić information content (AvgIpc) is 3.53. The Labute approximate surface area is 313 Å². The lowest BCUT2D eigenvalue weighted by molar-refractivity contribution is -0.189. The second-order valence-corrected chi connectivity index (χ2v) is 13.4. The number of aromatic nitrogens is 1. The van der Waals surface area contributed by atoms with Crippen molar-refractivity contribution >= 4 is 40.3 Å². The molecule has 5 amide bonds. The van der Waals surface area contributed by atoms with E-state index in [-0.39, 0.29) is 62.6 Å². The summed E-state index contributed by atoms with van der Waals surface area (Å²) in [4.78, 5) is 59.3. The third-order valence-electron chi connectivity index (χ3n) is 9.82. The fraction of sp³-hybridized carbons (Fsp3) is 0.220. The number of amides is 5. The van der Waals surface area contributed by atoms with Gasteiger partial charge in [-0.15, -0.1) is 6.58 Å². The van der Waals surface area contributed by atoms with Gasteiger partial charge in [0.05, 0.1) is 29.9 Å². The Balaban J connectivity index is 1.22. The minimum atomic E-state index is -0.936. The van der Waals surface area contributed by atoms with Crippen molar-refractivity contribution in [1.82, 2.24) is 35.1 Å². The summed E-state index contributed by atoms with van der Waals surface area (Å²) in [5.41, 5.74) is 10.1. The molecule has 2 aliphatic heterocycles. The highest BCUT2D eigenvalue weighted by Gasteiger charge is 2.51. The number of benzene rings is 4. The van der Waals surface area contributed by atoms with E-state index in [0.717, 1.165) is 27.9 Å². The van der Waals surface area contributed by atoms with E-state index in [0.29, 0.717) is 10.9 Å². The van der Waals surface area contributed by atoms with Gasteiger partial charge in [0, 0.05) is 44.7 Å². The van der Waals surface area contributed by atoms with Crippen LogP contribution >= 0.6 is 0 Å². The van der Waals surface area contributed by atoms with Crippen LogP contribution in [0.5, 0.6) is 5.75 Å². The number of hydrogen-bond acceptors (Lipinski definition) is 7. The van der Waals surface area contributed by atoms with Crippen LogP contribution in [0.2, 0.25) is 0 Å². The molecule has 0 aliphatic carbocycles. The number of nitrogens with one attached hydrogen (secondary N) is 3. The van der Waals surface area contributed by atoms with Crippen LogP contribution < -0.4 is 16.2 Å². The molecular formula is C41H42N8O5. The molecule has 0 saturated carbocycles. The molecule has 0 unspecified atom stereocenters. The normalized spacial score (nSPS) is 17.3. The minimum absolute atomic E-state index is 0.0399. The summed E-state index contributed by atoms with van der Waals surface area (Å²) in [6, 6.07) is 29.7. The predicted molar refractivity (Wildman–Crippen MR) is 204 cm³/mol. The molecule has 0 bridgehead atoms. The standard InChI is InChI=1S/C41H42N8O5/c1-3-21-47-27-37(51)48-35(22-28-17-19-32(50)20-18-28)40(53)46(26-36(48)49(47)41(54)42-23-29-11-6-4-7-12-29)24-30-13-10-16-33-34(25-45(2)38(30)33)39(52)44-43-31-14-8-5-9-15-31/h3-20,25,35-36,43,50H,1,21-24,26-27H2,2H3,(H,42,54)(H,44,52)/t35-,36-/m0/s1. The van der Waals surface area contributed by atoms with Gasteiger partial charge in [0.15, 0.2) is 0 Å². The molecule has 2 saturated heterocycles. The Morgan fingerprint density at radius 3 is 2.35 bits per heavy atom. The van der Waals surface area contributed by atoms with Crippen molar-refractivity contribution in [2.24, 2.45) is 7.05 Å². The SMILES string of the molecule is C=CCN1CC(=O)N2[C@@H](Cc3ccc(O)cc3)C(=O)N(Cc3cccc4c(C(=O)NNc5ccccc5)cn(C)c34)C[C@@H]2N1C(=O)NCc1ccccc1. The van der Waals surface area contributed by atoms with E-state index < -0.39 is 18.2 Å². The van der Waals surface area contributed by atoms with E-state index in [1.54, 1.807) is 56.4 Å². The fourth-order valence-electron chi connectivity index (χ4n) is 7.34. The molecule has 13 nitrogen and oxygen atoms in total. The maximum Gasteiger partial charge on any atom is 0.334 e. The second-order valence-electron chi connectivity index (χ2n) is 13.4. The van der Waals surface area contributed by atoms with Gasteiger partial charge in [-0.1, -0.05) is 84.9 Å². The molecule has 2 fully saturated rings. The number of anilines is 1. The lowest BCUT2D eigenvalue weighted by Gasteiger charge is -2.55. The van der Waals surface area contributed by atoms with E-state index in [9.17, 15) is 24.3 Å². The number of phenolic OH excluding ortho intramolecular Hbond substituents is 1. The van der Waals surface area contributed by atoms with Gasteiger partial charge in [0.2, 0.25) is 11.8 Å². The zero-order valence-corrected chi connectivity index (χ0v) is 29.9. The first-order valence-electron chi connectivity index (χ1n) is 17.7. The van der Waals surface area contributed by atoms with Gasteiger partial charge in [-0.3, -0.25) is 25.2 Å². The van der Waals surface area contributed by atoms with Gasteiger partial charge in [-0.25, -0.2) is 14.8 Å². The van der Waals surface area contributed by atoms with Gasteiger partial charge in [-0.2, -0.15) is 0 Å². The molecular weight excluding hydrogens is 685 g/mol. The molecule has 0 spiro atoms. The molecule has 276 valence electrons. The largest absolute Gasteiger partial charge is 0.508 e. The molecule has 5 aromatic rings. The molecule has 4 aromatic carbocycles. The van der Waals surface area contributed by atoms with Gasteiger partial charge < -0.3 is 24.8 Å². The van der Waals surface area contributed by atoms with Crippen molar-refractivity contribution < 1.29 is 24.3 Å². The number of carbonyl (C=O) groups excluding carboxylic acids is 4. The van der Waals surface area contributed by atoms with Crippen LogP contribution in [0.4, 0.5) is 10.5 Å². The topological polar surface area (TPSA) is 142 Å². The highest BCUT2D eigenvalue weighted by atomic mass is 16.3. The average molecular weight is 727 g/mol. The maximum absolute atomic E-state index is 14.6. The molecule has 2 atom stereocenters. The van der Waals surface area contributed by atoms with Crippen molar-refractivity contribution in [3.05, 3.63) is 144 Å². The van der Waals surface area contributed by atoms with Crippen LogP contribution in [0.3, 0.4) is 0 Å². The number of hydrogen-bond donors (Lipinski definition) is 4. The fourth-order valence-corrected chi connectivity index (χ4v) is 7.34. The summed E-state index contributed by atoms with van der Waals surface area (Å²) in [5.74, 6) is -0.788. The summed E-state index contributed by atoms with van der Waals surface area (Å²) in [6.07, 6.45) is 2.74. The van der Waals surface area contributed by atoms with E-state index >= 15 is 0 Å². The monoisotopic (exact) mass is 726 g/mol. The van der Waals surface area contributed by atoms with Crippen LogP contribution in [0.25, 0.3) is 10.9 Å². The molecule has 0 radical (unpaired) electrons. The number of aromatic hydroxyl groups is 1. The lowest BCUT2D eigenvalue weighted by Crippen LogP contribution is -2.76. The number of carbonyl (C=O) groups is 4. The number of hydrazine groups is 2. The summed E-state index contributed by atoms with van der Waals surface area (Å²) in [5, 5.41) is 16.9. The number of piperazine rings is 1. The minimum Gasteiger partial charge on any atom is -0.508 e. The smallest absolute Gasteiger partial charge is 0.334 e. The van der Waals surface area contributed by atoms with Crippen LogP contribution in [0.1, 0.15) is 27.0 Å². The molecule has 2 aliphatic rings. The number of fused-ring (bicyclic) bond motifs is 2. The molecule has 54 heavy (non-hydrogen) atoms. The number of rotatable bonds is 11. The Morgan fingerprint density at radius 1 is 0.907 bits per heavy atom. The van der Waals surface area contributed by atoms with E-state index in [1.807, 2.05) is 90.5 Å². The number of urea groups is 1. The van der Waals surface area contributed by atoms with Gasteiger partial charge in [0.25, 0.3) is 5.91 Å². The van der Waals surface area contributed by atoms with Crippen LogP contribution in [-0.4, -0.2) is 85.1 Å². The third kappa shape index (κ3) is 7.34. The van der Waals surface area contributed by atoms with Crippen LogP contribution in [-0.2, 0) is 36.1 Å². The molecule has 1 aromatic heterocycles. The number of aryl methyl sites for hydroxylation is 1. The van der Waals surface area contributed by atoms with Crippen LogP contribution in [0.15, 0.2) is 122 Å². The maximum atomic E-state index is 14.6. The molecule has 7 rings (SSSR count). The lowest BCUT2D eigenvalue weighted by atomic mass is 9.98. The molecule has 4 N–H and O–H groups in total. The summed E-state index contributed by atoms with van der Waals surface area (Å²) in [6.45, 7) is 4.45. The summed E-state index contributed by atoms with van der Waals surface area (Å²) >= 11 is 0. The van der Waals surface area contributed by atoms with E-state index in [4.69, 9.17) is 0 Å². The Morgan fingerprint density at radius 2 is 1.63 bits per heavy atom. The van der Waals surface area contributed by atoms with Crippen molar-refractivity contribution in [3.8, 4) is 5.75 Å². The van der Waals surface area contributed by atoms with Crippen molar-refractivity contribution in [3.63, 3.8) is 0 Å². The summed E-state index contributed by atoms with van der Waals surface area (Å²) < 4.78 is 1.87. The first kappa shape index (κ1) is 35.8. The van der Waals surface area contributed by atoms with Crippen molar-refractivity contribution in [2.45, 2.75) is 31.7 Å². The Bertz CT molecular complexity index is 2170. The quantitative estimate of drug-likeness (QED) is 0.117. The number of para-hydroxylation sites is 2. The first-order valence-corrected chi connectivity index (χ1v) is 17.7.